The molecule has 1 heterocycles. The summed E-state index contributed by atoms with van der Waals surface area (Å²) in [5, 5.41) is 14.1. The van der Waals surface area contributed by atoms with Crippen molar-refractivity contribution in [1.29, 1.82) is 0 Å². The third kappa shape index (κ3) is 4.00. The first-order valence-electron chi connectivity index (χ1n) is 8.53. The van der Waals surface area contributed by atoms with Crippen molar-refractivity contribution in [3.63, 3.8) is 0 Å². The number of carbonyl (C=O) groups excluding carboxylic acids is 1. The zero-order valence-electron chi connectivity index (χ0n) is 15.3. The van der Waals surface area contributed by atoms with E-state index in [9.17, 15) is 14.9 Å². The quantitative estimate of drug-likeness (QED) is 0.451. The van der Waals surface area contributed by atoms with Gasteiger partial charge in [0.2, 0.25) is 0 Å². The van der Waals surface area contributed by atoms with Gasteiger partial charge in [0.05, 0.1) is 17.2 Å². The number of ether oxygens (including phenoxy) is 2. The number of thioether (sulfide) groups is 1. The molecule has 8 heteroatoms. The zero-order chi connectivity index (χ0) is 19.6. The van der Waals surface area contributed by atoms with Crippen LogP contribution in [0.15, 0.2) is 35.2 Å². The van der Waals surface area contributed by atoms with Crippen LogP contribution in [0.1, 0.15) is 29.8 Å². The molecule has 0 aromatic heterocycles. The number of fused-ring (bicyclic) bond motifs is 1. The fourth-order valence-electron chi connectivity index (χ4n) is 2.98. The van der Waals surface area contributed by atoms with E-state index in [0.717, 1.165) is 16.9 Å². The van der Waals surface area contributed by atoms with E-state index in [0.29, 0.717) is 23.8 Å². The molecule has 3 rings (SSSR count). The predicted octanol–water partition coefficient (Wildman–Crippen LogP) is 4.29. The highest BCUT2D eigenvalue weighted by atomic mass is 32.2. The van der Waals surface area contributed by atoms with Crippen molar-refractivity contribution < 1.29 is 19.2 Å². The topological polar surface area (TPSA) is 90.7 Å². The summed E-state index contributed by atoms with van der Waals surface area (Å²) < 4.78 is 11.4. The molecule has 0 saturated heterocycles. The number of nitrogens with one attached hydrogen (secondary N) is 1. The van der Waals surface area contributed by atoms with Crippen LogP contribution in [-0.2, 0) is 6.42 Å². The van der Waals surface area contributed by atoms with Crippen LogP contribution in [0.4, 0.5) is 11.4 Å². The van der Waals surface area contributed by atoms with Crippen molar-refractivity contribution in [1.82, 2.24) is 0 Å². The lowest BCUT2D eigenvalue weighted by atomic mass is 10.1. The van der Waals surface area contributed by atoms with E-state index in [1.807, 2.05) is 26.2 Å². The molecule has 2 aromatic rings. The molecule has 1 aliphatic rings. The van der Waals surface area contributed by atoms with Gasteiger partial charge in [-0.05, 0) is 38.3 Å². The minimum Gasteiger partial charge on any atom is -0.492 e. The number of nitro groups is 1. The fourth-order valence-corrected chi connectivity index (χ4v) is 3.42. The number of carbonyl (C=O) groups is 1. The maximum Gasteiger partial charge on any atom is 0.282 e. The second kappa shape index (κ2) is 7.87. The molecule has 0 fully saturated rings. The van der Waals surface area contributed by atoms with Gasteiger partial charge in [-0.15, -0.1) is 11.8 Å². The van der Waals surface area contributed by atoms with Gasteiger partial charge in [0.1, 0.15) is 23.2 Å². The van der Waals surface area contributed by atoms with Crippen LogP contribution in [-0.4, -0.2) is 29.8 Å². The molecule has 27 heavy (non-hydrogen) atoms. The summed E-state index contributed by atoms with van der Waals surface area (Å²) in [7, 11) is 0. The molecule has 0 bridgehead atoms. The number of rotatable bonds is 6. The molecule has 0 saturated carbocycles. The van der Waals surface area contributed by atoms with Crippen molar-refractivity contribution in [2.45, 2.75) is 31.3 Å². The molecular weight excluding hydrogens is 368 g/mol. The predicted molar refractivity (Wildman–Crippen MR) is 104 cm³/mol. The van der Waals surface area contributed by atoms with E-state index in [1.165, 1.54) is 23.9 Å². The number of amides is 1. The number of hydrogen-bond acceptors (Lipinski definition) is 6. The summed E-state index contributed by atoms with van der Waals surface area (Å²) >= 11 is 1.41. The van der Waals surface area contributed by atoms with Gasteiger partial charge in [0.15, 0.2) is 0 Å². The standard InChI is InChI=1S/C19H20N2O5S/c1-4-25-18-8-12-7-11(2)26-17(12)10-15(18)20-19(22)14-9-13(27-3)5-6-16(14)21(23)24/h5-6,8-11H,4,7H2,1-3H3,(H,20,22). The Hall–Kier alpha value is -2.74. The average molecular weight is 388 g/mol. The van der Waals surface area contributed by atoms with Gasteiger partial charge in [-0.1, -0.05) is 0 Å². The maximum atomic E-state index is 12.8. The monoisotopic (exact) mass is 388 g/mol. The molecule has 1 unspecified atom stereocenters. The van der Waals surface area contributed by atoms with E-state index in [2.05, 4.69) is 5.32 Å². The lowest BCUT2D eigenvalue weighted by Crippen LogP contribution is -2.15. The number of anilines is 1. The Morgan fingerprint density at radius 1 is 1.41 bits per heavy atom. The Balaban J connectivity index is 1.97. The van der Waals surface area contributed by atoms with Crippen LogP contribution in [0.2, 0.25) is 0 Å². The molecular formula is C19H20N2O5S. The molecule has 0 aliphatic carbocycles. The average Bonchev–Trinajstić information content (AvgIpc) is 3.00. The van der Waals surface area contributed by atoms with Gasteiger partial charge in [-0.3, -0.25) is 14.9 Å². The lowest BCUT2D eigenvalue weighted by Gasteiger charge is -2.14. The summed E-state index contributed by atoms with van der Waals surface area (Å²) in [5.41, 5.74) is 1.20. The third-order valence-corrected chi connectivity index (χ3v) is 4.92. The highest BCUT2D eigenvalue weighted by molar-refractivity contribution is 7.98. The van der Waals surface area contributed by atoms with E-state index in [4.69, 9.17) is 9.47 Å². The Bertz CT molecular complexity index is 900. The zero-order valence-corrected chi connectivity index (χ0v) is 16.1. The molecule has 142 valence electrons. The van der Waals surface area contributed by atoms with Gasteiger partial charge in [-0.25, -0.2) is 0 Å². The Labute approximate surface area is 161 Å². The van der Waals surface area contributed by atoms with Gasteiger partial charge >= 0.3 is 0 Å². The van der Waals surface area contributed by atoms with Crippen LogP contribution >= 0.6 is 11.8 Å². The number of nitrogens with zero attached hydrogens (tertiary/aromatic N) is 1. The first kappa shape index (κ1) is 19.0. The number of hydrogen-bond donors (Lipinski definition) is 1. The number of benzene rings is 2. The van der Waals surface area contributed by atoms with E-state index >= 15 is 0 Å². The van der Waals surface area contributed by atoms with Gasteiger partial charge in [0, 0.05) is 29.0 Å². The second-order valence-electron chi connectivity index (χ2n) is 6.12. The van der Waals surface area contributed by atoms with Crippen molar-refractivity contribution >= 4 is 29.0 Å². The molecule has 1 atom stereocenters. The lowest BCUT2D eigenvalue weighted by molar-refractivity contribution is -0.385. The van der Waals surface area contributed by atoms with Crippen LogP contribution in [0.25, 0.3) is 0 Å². The smallest absolute Gasteiger partial charge is 0.282 e. The van der Waals surface area contributed by atoms with Gasteiger partial charge in [0.25, 0.3) is 11.6 Å². The Morgan fingerprint density at radius 3 is 2.85 bits per heavy atom. The number of nitro benzene ring substituents is 1. The molecule has 0 spiro atoms. The minimum absolute atomic E-state index is 0.00378. The fraction of sp³-hybridized carbons (Fsp3) is 0.316. The van der Waals surface area contributed by atoms with Crippen LogP contribution in [0, 0.1) is 10.1 Å². The molecule has 2 aromatic carbocycles. The second-order valence-corrected chi connectivity index (χ2v) is 7.00. The van der Waals surface area contributed by atoms with Crippen molar-refractivity contribution in [3.8, 4) is 11.5 Å². The van der Waals surface area contributed by atoms with Crippen molar-refractivity contribution in [2.24, 2.45) is 0 Å². The van der Waals surface area contributed by atoms with Crippen molar-refractivity contribution in [2.75, 3.05) is 18.2 Å². The van der Waals surface area contributed by atoms with E-state index in [-0.39, 0.29) is 17.4 Å². The highest BCUT2D eigenvalue weighted by Gasteiger charge is 2.25. The first-order chi connectivity index (χ1) is 12.9. The van der Waals surface area contributed by atoms with E-state index < -0.39 is 10.8 Å². The molecule has 0 radical (unpaired) electrons. The van der Waals surface area contributed by atoms with Crippen LogP contribution < -0.4 is 14.8 Å². The molecule has 1 aliphatic heterocycles. The Kier molecular flexibility index (Phi) is 5.55. The van der Waals surface area contributed by atoms with E-state index in [1.54, 1.807) is 12.1 Å². The largest absolute Gasteiger partial charge is 0.492 e. The van der Waals surface area contributed by atoms with Gasteiger partial charge in [-0.2, -0.15) is 0 Å². The van der Waals surface area contributed by atoms with Crippen LogP contribution in [0.3, 0.4) is 0 Å². The van der Waals surface area contributed by atoms with Crippen LogP contribution in [0.5, 0.6) is 11.5 Å². The summed E-state index contributed by atoms with van der Waals surface area (Å²) in [6.45, 7) is 4.25. The summed E-state index contributed by atoms with van der Waals surface area (Å²) in [4.78, 5) is 24.3. The molecule has 1 amide bonds. The maximum absolute atomic E-state index is 12.8. The minimum atomic E-state index is -0.565. The summed E-state index contributed by atoms with van der Waals surface area (Å²) in [5.74, 6) is 0.643. The van der Waals surface area contributed by atoms with Gasteiger partial charge < -0.3 is 14.8 Å². The third-order valence-electron chi connectivity index (χ3n) is 4.19. The van der Waals surface area contributed by atoms with Crippen molar-refractivity contribution in [3.05, 3.63) is 51.6 Å². The Morgan fingerprint density at radius 2 is 2.19 bits per heavy atom. The summed E-state index contributed by atoms with van der Waals surface area (Å²) in [6.07, 6.45) is 2.67. The SMILES string of the molecule is CCOc1cc2c(cc1NC(=O)c1cc(SC)ccc1[N+](=O)[O-])OC(C)C2. The molecule has 7 nitrogen and oxygen atoms in total. The molecule has 1 N–H and O–H groups in total. The highest BCUT2D eigenvalue weighted by Crippen LogP contribution is 2.38. The summed E-state index contributed by atoms with van der Waals surface area (Å²) in [6, 6.07) is 8.05. The normalized spacial score (nSPS) is 15.0. The first-order valence-corrected chi connectivity index (χ1v) is 9.75.